The van der Waals surface area contributed by atoms with E-state index in [1.165, 1.54) is 0 Å². The average Bonchev–Trinajstić information content (AvgIpc) is 2.68. The van der Waals surface area contributed by atoms with Crippen LogP contribution in [-0.4, -0.2) is 44.3 Å². The van der Waals surface area contributed by atoms with Crippen molar-refractivity contribution in [3.8, 4) is 16.9 Å². The molecule has 0 radical (unpaired) electrons. The van der Waals surface area contributed by atoms with Gasteiger partial charge in [0, 0.05) is 25.9 Å². The smallest absolute Gasteiger partial charge is 0.321 e. The zero-order chi connectivity index (χ0) is 17.6. The highest BCUT2D eigenvalue weighted by Crippen LogP contribution is 2.25. The van der Waals surface area contributed by atoms with Gasteiger partial charge < -0.3 is 19.7 Å². The second-order valence-corrected chi connectivity index (χ2v) is 6.19. The Morgan fingerprint density at radius 2 is 1.92 bits per heavy atom. The van der Waals surface area contributed by atoms with E-state index < -0.39 is 0 Å². The zero-order valence-electron chi connectivity index (χ0n) is 14.7. The van der Waals surface area contributed by atoms with Crippen molar-refractivity contribution in [1.82, 2.24) is 4.90 Å². The number of carbonyl (C=O) groups excluding carboxylic acids is 1. The minimum atomic E-state index is -0.0733. The van der Waals surface area contributed by atoms with Gasteiger partial charge in [0.2, 0.25) is 0 Å². The van der Waals surface area contributed by atoms with Gasteiger partial charge in [0.1, 0.15) is 5.75 Å². The van der Waals surface area contributed by atoms with Crippen LogP contribution in [-0.2, 0) is 4.74 Å². The van der Waals surface area contributed by atoms with Crippen molar-refractivity contribution in [3.63, 3.8) is 0 Å². The number of likely N-dealkylation sites (tertiary alicyclic amines) is 1. The number of nitrogens with zero attached hydrogens (tertiary/aromatic N) is 1. The number of anilines is 1. The first-order valence-electron chi connectivity index (χ1n) is 8.53. The minimum absolute atomic E-state index is 0.0733. The number of carbonyl (C=O) groups is 1. The second kappa shape index (κ2) is 8.03. The van der Waals surface area contributed by atoms with Gasteiger partial charge in [-0.1, -0.05) is 24.3 Å². The maximum atomic E-state index is 12.4. The molecule has 132 valence electrons. The number of rotatable bonds is 4. The van der Waals surface area contributed by atoms with E-state index in [2.05, 4.69) is 5.32 Å². The van der Waals surface area contributed by atoms with E-state index in [1.54, 1.807) is 14.2 Å². The summed E-state index contributed by atoms with van der Waals surface area (Å²) in [4.78, 5) is 14.2. The van der Waals surface area contributed by atoms with Gasteiger partial charge >= 0.3 is 6.03 Å². The lowest BCUT2D eigenvalue weighted by Gasteiger charge is -2.31. The van der Waals surface area contributed by atoms with Gasteiger partial charge in [-0.05, 0) is 48.2 Å². The molecule has 3 rings (SSSR count). The van der Waals surface area contributed by atoms with Crippen LogP contribution in [0.25, 0.3) is 11.1 Å². The molecule has 2 aromatic carbocycles. The third-order valence-corrected chi connectivity index (χ3v) is 4.54. The van der Waals surface area contributed by atoms with Gasteiger partial charge in [0.25, 0.3) is 0 Å². The summed E-state index contributed by atoms with van der Waals surface area (Å²) in [5.41, 5.74) is 2.95. The number of piperidine rings is 1. The minimum Gasteiger partial charge on any atom is -0.497 e. The van der Waals surface area contributed by atoms with Crippen LogP contribution in [0.5, 0.6) is 5.75 Å². The van der Waals surface area contributed by atoms with Gasteiger partial charge in [-0.2, -0.15) is 0 Å². The molecule has 1 saturated heterocycles. The van der Waals surface area contributed by atoms with Gasteiger partial charge in [-0.3, -0.25) is 0 Å². The normalized spacial score (nSPS) is 17.2. The van der Waals surface area contributed by atoms with E-state index in [4.69, 9.17) is 9.47 Å². The number of nitrogens with one attached hydrogen (secondary N) is 1. The molecule has 5 nitrogen and oxygen atoms in total. The van der Waals surface area contributed by atoms with Crippen molar-refractivity contribution in [2.45, 2.75) is 18.9 Å². The molecule has 1 aliphatic heterocycles. The highest BCUT2D eigenvalue weighted by Gasteiger charge is 2.23. The molecule has 0 bridgehead atoms. The molecule has 0 spiro atoms. The molecule has 5 heteroatoms. The molecule has 0 aliphatic carbocycles. The molecule has 1 N–H and O–H groups in total. The van der Waals surface area contributed by atoms with E-state index >= 15 is 0 Å². The number of hydrogen-bond donors (Lipinski definition) is 1. The predicted molar refractivity (Wildman–Crippen MR) is 99.1 cm³/mol. The highest BCUT2D eigenvalue weighted by molar-refractivity contribution is 5.89. The summed E-state index contributed by atoms with van der Waals surface area (Å²) < 4.78 is 10.6. The quantitative estimate of drug-likeness (QED) is 0.915. The fraction of sp³-hybridized carbons (Fsp3) is 0.350. The monoisotopic (exact) mass is 340 g/mol. The van der Waals surface area contributed by atoms with Crippen molar-refractivity contribution in [2.75, 3.05) is 32.6 Å². The van der Waals surface area contributed by atoms with Crippen molar-refractivity contribution in [2.24, 2.45) is 0 Å². The Kier molecular flexibility index (Phi) is 5.56. The van der Waals surface area contributed by atoms with E-state index in [9.17, 15) is 4.79 Å². The first-order chi connectivity index (χ1) is 12.2. The lowest BCUT2D eigenvalue weighted by atomic mass is 10.1. The van der Waals surface area contributed by atoms with Crippen LogP contribution < -0.4 is 10.1 Å². The summed E-state index contributed by atoms with van der Waals surface area (Å²) >= 11 is 0. The second-order valence-electron chi connectivity index (χ2n) is 6.19. The molecule has 1 heterocycles. The van der Waals surface area contributed by atoms with E-state index in [1.807, 2.05) is 53.4 Å². The van der Waals surface area contributed by atoms with E-state index in [0.717, 1.165) is 42.0 Å². The van der Waals surface area contributed by atoms with Gasteiger partial charge in [-0.15, -0.1) is 0 Å². The van der Waals surface area contributed by atoms with Crippen molar-refractivity contribution in [1.29, 1.82) is 0 Å². The van der Waals surface area contributed by atoms with Crippen LogP contribution in [0.3, 0.4) is 0 Å². The maximum absolute atomic E-state index is 12.4. The Labute approximate surface area is 148 Å². The fourth-order valence-corrected chi connectivity index (χ4v) is 3.07. The van der Waals surface area contributed by atoms with Crippen LogP contribution in [0, 0.1) is 0 Å². The Balaban J connectivity index is 1.65. The molecule has 1 atom stereocenters. The lowest BCUT2D eigenvalue weighted by molar-refractivity contribution is 0.0458. The molecule has 0 aromatic heterocycles. The SMILES string of the molecule is COc1cccc(-c2ccc(NC(=O)N3CCCC(OC)C3)cc2)c1. The third kappa shape index (κ3) is 4.31. The van der Waals surface area contributed by atoms with Crippen molar-refractivity contribution >= 4 is 11.7 Å². The fourth-order valence-electron chi connectivity index (χ4n) is 3.07. The maximum Gasteiger partial charge on any atom is 0.321 e. The zero-order valence-corrected chi connectivity index (χ0v) is 14.7. The molecule has 1 fully saturated rings. The van der Waals surface area contributed by atoms with Crippen molar-refractivity contribution < 1.29 is 14.3 Å². The first kappa shape index (κ1) is 17.3. The Morgan fingerprint density at radius 1 is 1.12 bits per heavy atom. The number of ether oxygens (including phenoxy) is 2. The van der Waals surface area contributed by atoms with E-state index in [-0.39, 0.29) is 12.1 Å². The number of hydrogen-bond acceptors (Lipinski definition) is 3. The molecule has 0 saturated carbocycles. The van der Waals surface area contributed by atoms with E-state index in [0.29, 0.717) is 6.54 Å². The number of methoxy groups -OCH3 is 2. The Morgan fingerprint density at radius 3 is 2.64 bits per heavy atom. The Bertz CT molecular complexity index is 715. The summed E-state index contributed by atoms with van der Waals surface area (Å²) in [6.07, 6.45) is 2.12. The predicted octanol–water partition coefficient (Wildman–Crippen LogP) is 4.00. The highest BCUT2D eigenvalue weighted by atomic mass is 16.5. The van der Waals surface area contributed by atoms with Crippen LogP contribution >= 0.6 is 0 Å². The largest absolute Gasteiger partial charge is 0.497 e. The molecular weight excluding hydrogens is 316 g/mol. The third-order valence-electron chi connectivity index (χ3n) is 4.54. The molecule has 1 aliphatic rings. The summed E-state index contributed by atoms with van der Waals surface area (Å²) in [6, 6.07) is 15.7. The Hall–Kier alpha value is -2.53. The van der Waals surface area contributed by atoms with Gasteiger partial charge in [-0.25, -0.2) is 4.79 Å². The standard InChI is InChI=1S/C20H24N2O3/c1-24-18-6-3-5-16(13-18)15-8-10-17(11-9-15)21-20(23)22-12-4-7-19(14-22)25-2/h3,5-6,8-11,13,19H,4,7,12,14H2,1-2H3,(H,21,23). The van der Waals surface area contributed by atoms with Crippen LogP contribution in [0.4, 0.5) is 10.5 Å². The topological polar surface area (TPSA) is 50.8 Å². The summed E-state index contributed by atoms with van der Waals surface area (Å²) in [5, 5.41) is 2.96. The average molecular weight is 340 g/mol. The first-order valence-corrected chi connectivity index (χ1v) is 8.53. The molecule has 2 amide bonds. The summed E-state index contributed by atoms with van der Waals surface area (Å²) in [6.45, 7) is 1.41. The molecular formula is C20H24N2O3. The molecule has 2 aromatic rings. The number of amides is 2. The number of urea groups is 1. The van der Waals surface area contributed by atoms with Crippen LogP contribution in [0.1, 0.15) is 12.8 Å². The van der Waals surface area contributed by atoms with Crippen LogP contribution in [0.2, 0.25) is 0 Å². The summed E-state index contributed by atoms with van der Waals surface area (Å²) in [5.74, 6) is 0.827. The lowest BCUT2D eigenvalue weighted by Crippen LogP contribution is -2.44. The van der Waals surface area contributed by atoms with Gasteiger partial charge in [0.05, 0.1) is 13.2 Å². The molecule has 1 unspecified atom stereocenters. The molecule has 25 heavy (non-hydrogen) atoms. The summed E-state index contributed by atoms with van der Waals surface area (Å²) in [7, 11) is 3.36. The number of benzene rings is 2. The van der Waals surface area contributed by atoms with Crippen LogP contribution in [0.15, 0.2) is 48.5 Å². The van der Waals surface area contributed by atoms with Crippen molar-refractivity contribution in [3.05, 3.63) is 48.5 Å². The van der Waals surface area contributed by atoms with Gasteiger partial charge in [0.15, 0.2) is 0 Å².